The van der Waals surface area contributed by atoms with Gasteiger partial charge in [-0.25, -0.2) is 9.37 Å². The first-order valence-corrected chi connectivity index (χ1v) is 10.9. The third-order valence-corrected chi connectivity index (χ3v) is 5.69. The number of nitrogen functional groups attached to an aromatic ring is 1. The summed E-state index contributed by atoms with van der Waals surface area (Å²) in [5.41, 5.74) is 9.33. The van der Waals surface area contributed by atoms with Crippen LogP contribution in [0.1, 0.15) is 24.0 Å². The second-order valence-electron chi connectivity index (χ2n) is 7.75. The number of phenols is 1. The summed E-state index contributed by atoms with van der Waals surface area (Å²) in [6.45, 7) is 0.158. The molecule has 1 aromatic heterocycles. The molecule has 1 aliphatic rings. The summed E-state index contributed by atoms with van der Waals surface area (Å²) < 4.78 is 18.7. The normalized spacial score (nSPS) is 15.4. The van der Waals surface area contributed by atoms with Crippen molar-refractivity contribution in [1.82, 2.24) is 10.3 Å². The number of phenolic OH excluding ortho intramolecular Hbond substituents is 1. The molecule has 4 rings (SSSR count). The summed E-state index contributed by atoms with van der Waals surface area (Å²) in [5.74, 6) is 0.103. The fourth-order valence-electron chi connectivity index (χ4n) is 3.65. The lowest BCUT2D eigenvalue weighted by Crippen LogP contribution is -2.33. The van der Waals surface area contributed by atoms with Gasteiger partial charge in [0.2, 0.25) is 5.91 Å². The number of alkyl halides is 1. The molecule has 0 saturated carbocycles. The Labute approximate surface area is 195 Å². The van der Waals surface area contributed by atoms with Gasteiger partial charge in [0.15, 0.2) is 0 Å². The summed E-state index contributed by atoms with van der Waals surface area (Å²) in [7, 11) is 0. The van der Waals surface area contributed by atoms with Crippen LogP contribution in [0.5, 0.6) is 5.75 Å². The van der Waals surface area contributed by atoms with Crippen molar-refractivity contribution in [2.24, 2.45) is 0 Å². The summed E-state index contributed by atoms with van der Waals surface area (Å²) in [5, 5.41) is 16.8. The Bertz CT molecular complexity index is 1170. The Morgan fingerprint density at radius 3 is 2.79 bits per heavy atom. The van der Waals surface area contributed by atoms with E-state index in [1.807, 2.05) is 0 Å². The fraction of sp³-hybridized carbons (Fsp3) is 0.250. The zero-order valence-electron chi connectivity index (χ0n) is 17.8. The van der Waals surface area contributed by atoms with Gasteiger partial charge in [-0.2, -0.15) is 0 Å². The molecule has 1 amide bonds. The fourth-order valence-corrected chi connectivity index (χ4v) is 3.85. The van der Waals surface area contributed by atoms with E-state index in [1.54, 1.807) is 42.5 Å². The van der Waals surface area contributed by atoms with Crippen molar-refractivity contribution < 1.29 is 19.0 Å². The molecule has 9 heteroatoms. The second kappa shape index (κ2) is 10.1. The molecule has 5 N–H and O–H groups in total. The van der Waals surface area contributed by atoms with Gasteiger partial charge in [-0.3, -0.25) is 4.79 Å². The average Bonchev–Trinajstić information content (AvgIpc) is 3.35. The van der Waals surface area contributed by atoms with Gasteiger partial charge in [-0.05, 0) is 55.3 Å². The molecule has 1 unspecified atom stereocenters. The van der Waals surface area contributed by atoms with Gasteiger partial charge < -0.3 is 26.2 Å². The van der Waals surface area contributed by atoms with E-state index in [-0.39, 0.29) is 24.0 Å². The van der Waals surface area contributed by atoms with E-state index in [0.29, 0.717) is 51.8 Å². The topological polar surface area (TPSA) is 110 Å². The van der Waals surface area contributed by atoms with Crippen LogP contribution in [0, 0.1) is 0 Å². The van der Waals surface area contributed by atoms with Crippen LogP contribution in [0.15, 0.2) is 48.5 Å². The quantitative estimate of drug-likeness (QED) is 0.373. The van der Waals surface area contributed by atoms with Crippen molar-refractivity contribution >= 4 is 34.7 Å². The number of aromatic hydroxyl groups is 1. The van der Waals surface area contributed by atoms with E-state index in [4.69, 9.17) is 22.1 Å². The number of hydrogen-bond acceptors (Lipinski definition) is 6. The number of nitrogens with one attached hydrogen (secondary N) is 2. The number of carbonyl (C=O) groups is 1. The number of amides is 1. The Balaban J connectivity index is 1.51. The number of carbonyl (C=O) groups excluding carboxylic acids is 1. The molecule has 0 bridgehead atoms. The van der Waals surface area contributed by atoms with Gasteiger partial charge in [-0.15, -0.1) is 0 Å². The minimum atomic E-state index is -0.670. The van der Waals surface area contributed by atoms with Crippen LogP contribution in [-0.2, 0) is 22.8 Å². The molecule has 0 radical (unpaired) electrons. The molecule has 0 aliphatic carbocycles. The van der Waals surface area contributed by atoms with E-state index >= 15 is 0 Å². The number of nitrogens with zero attached hydrogens (tertiary/aromatic N) is 1. The van der Waals surface area contributed by atoms with E-state index in [1.165, 1.54) is 6.07 Å². The van der Waals surface area contributed by atoms with Gasteiger partial charge in [0, 0.05) is 46.2 Å². The van der Waals surface area contributed by atoms with Crippen LogP contribution >= 0.6 is 11.6 Å². The molecule has 2 heterocycles. The van der Waals surface area contributed by atoms with Gasteiger partial charge in [0.1, 0.15) is 24.3 Å². The van der Waals surface area contributed by atoms with E-state index in [0.717, 1.165) is 6.42 Å². The number of benzene rings is 2. The van der Waals surface area contributed by atoms with Crippen LogP contribution in [-0.4, -0.2) is 28.7 Å². The van der Waals surface area contributed by atoms with Crippen molar-refractivity contribution in [3.8, 4) is 17.0 Å². The van der Waals surface area contributed by atoms with Gasteiger partial charge in [0.25, 0.3) is 0 Å². The predicted molar refractivity (Wildman–Crippen MR) is 126 cm³/mol. The van der Waals surface area contributed by atoms with Crippen molar-refractivity contribution in [3.63, 3.8) is 0 Å². The maximum Gasteiger partial charge on any atom is 0.249 e. The van der Waals surface area contributed by atoms with Crippen molar-refractivity contribution in [3.05, 3.63) is 64.7 Å². The number of halogens is 2. The second-order valence-corrected chi connectivity index (χ2v) is 8.19. The standard InChI is InChI=1S/C24H24ClFN4O3/c25-16-4-7-19(15(10-16)12-26)29-17-5-8-21(31)18(11-17)20-6-3-14(23(27)30-20)13-28-24(32)22-2-1-9-33-22/h3-8,10-11,22,29,31H,1-2,9,12-13H2,(H2,27,30)(H,28,32). The Morgan fingerprint density at radius 1 is 1.21 bits per heavy atom. The average molecular weight is 471 g/mol. The molecule has 1 atom stereocenters. The Kier molecular flexibility index (Phi) is 6.96. The lowest BCUT2D eigenvalue weighted by atomic mass is 10.1. The monoisotopic (exact) mass is 470 g/mol. The molecule has 1 saturated heterocycles. The number of rotatable bonds is 7. The SMILES string of the molecule is Nc1nc(-c2cc(Nc3ccc(Cl)cc3CF)ccc2O)ccc1CNC(=O)C1CCCO1. The first kappa shape index (κ1) is 22.8. The number of anilines is 3. The first-order valence-electron chi connectivity index (χ1n) is 10.5. The Morgan fingerprint density at radius 2 is 2.06 bits per heavy atom. The summed E-state index contributed by atoms with van der Waals surface area (Å²) in [4.78, 5) is 16.5. The molecule has 172 valence electrons. The Hall–Kier alpha value is -3.36. The zero-order chi connectivity index (χ0) is 23.4. The van der Waals surface area contributed by atoms with Crippen molar-refractivity contribution in [1.29, 1.82) is 0 Å². The van der Waals surface area contributed by atoms with Crippen molar-refractivity contribution in [2.45, 2.75) is 32.2 Å². The van der Waals surface area contributed by atoms with Gasteiger partial charge in [-0.1, -0.05) is 17.7 Å². The molecule has 0 spiro atoms. The summed E-state index contributed by atoms with van der Waals surface area (Å²) in [6.07, 6.45) is 1.18. The number of aromatic nitrogens is 1. The predicted octanol–water partition coefficient (Wildman–Crippen LogP) is 4.70. The van der Waals surface area contributed by atoms with Crippen LogP contribution in [0.2, 0.25) is 5.02 Å². The van der Waals surface area contributed by atoms with Gasteiger partial charge >= 0.3 is 0 Å². The third kappa shape index (κ3) is 5.35. The van der Waals surface area contributed by atoms with Crippen molar-refractivity contribution in [2.75, 3.05) is 17.7 Å². The molecule has 7 nitrogen and oxygen atoms in total. The lowest BCUT2D eigenvalue weighted by Gasteiger charge is -2.14. The molecular weight excluding hydrogens is 447 g/mol. The lowest BCUT2D eigenvalue weighted by molar-refractivity contribution is -0.130. The summed E-state index contributed by atoms with van der Waals surface area (Å²) in [6, 6.07) is 13.3. The highest BCUT2D eigenvalue weighted by Crippen LogP contribution is 2.33. The number of ether oxygens (including phenoxy) is 1. The van der Waals surface area contributed by atoms with E-state index < -0.39 is 12.8 Å². The number of nitrogens with two attached hydrogens (primary N) is 1. The smallest absolute Gasteiger partial charge is 0.249 e. The number of pyridine rings is 1. The molecule has 3 aromatic rings. The molecular formula is C24H24ClFN4O3. The van der Waals surface area contributed by atoms with Crippen LogP contribution in [0.25, 0.3) is 11.3 Å². The minimum absolute atomic E-state index is 0.0220. The van der Waals surface area contributed by atoms with E-state index in [9.17, 15) is 14.3 Å². The molecule has 1 fully saturated rings. The minimum Gasteiger partial charge on any atom is -0.507 e. The molecule has 1 aliphatic heterocycles. The third-order valence-electron chi connectivity index (χ3n) is 5.45. The van der Waals surface area contributed by atoms with Crippen LogP contribution in [0.3, 0.4) is 0 Å². The molecule has 33 heavy (non-hydrogen) atoms. The first-order chi connectivity index (χ1) is 15.9. The van der Waals surface area contributed by atoms with Crippen LogP contribution < -0.4 is 16.4 Å². The zero-order valence-corrected chi connectivity index (χ0v) is 18.5. The maximum absolute atomic E-state index is 13.4. The largest absolute Gasteiger partial charge is 0.507 e. The highest BCUT2D eigenvalue weighted by molar-refractivity contribution is 6.30. The highest BCUT2D eigenvalue weighted by Gasteiger charge is 2.23. The summed E-state index contributed by atoms with van der Waals surface area (Å²) >= 11 is 5.95. The maximum atomic E-state index is 13.4. The molecule has 2 aromatic carbocycles. The highest BCUT2D eigenvalue weighted by atomic mass is 35.5. The number of hydrogen-bond donors (Lipinski definition) is 4. The van der Waals surface area contributed by atoms with Crippen LogP contribution in [0.4, 0.5) is 21.6 Å². The van der Waals surface area contributed by atoms with Gasteiger partial charge in [0.05, 0.1) is 5.69 Å². The van der Waals surface area contributed by atoms with E-state index in [2.05, 4.69) is 15.6 Å².